The van der Waals surface area contributed by atoms with Crippen molar-refractivity contribution in [3.63, 3.8) is 0 Å². The molecule has 0 bridgehead atoms. The van der Waals surface area contributed by atoms with Gasteiger partial charge in [0.25, 0.3) is 5.91 Å². The molecular weight excluding hydrogens is 515 g/mol. The molecule has 0 aliphatic carbocycles. The predicted molar refractivity (Wildman–Crippen MR) is 134 cm³/mol. The highest BCUT2D eigenvalue weighted by molar-refractivity contribution is 6.04. The minimum atomic E-state index is -4.70. The lowest BCUT2D eigenvalue weighted by molar-refractivity contribution is -0.137. The Balaban J connectivity index is 1.73. The molecular formula is C28H24F3N3O5. The molecule has 11 heteroatoms. The maximum absolute atomic E-state index is 13.6. The van der Waals surface area contributed by atoms with Gasteiger partial charge in [-0.3, -0.25) is 19.3 Å². The Morgan fingerprint density at radius 2 is 1.62 bits per heavy atom. The molecule has 202 valence electrons. The van der Waals surface area contributed by atoms with Gasteiger partial charge in [-0.15, -0.1) is 0 Å². The molecule has 39 heavy (non-hydrogen) atoms. The van der Waals surface area contributed by atoms with Gasteiger partial charge in [0.1, 0.15) is 11.8 Å². The molecule has 2 N–H and O–H groups in total. The van der Waals surface area contributed by atoms with E-state index in [1.54, 1.807) is 36.4 Å². The summed E-state index contributed by atoms with van der Waals surface area (Å²) >= 11 is 0. The smallest absolute Gasteiger partial charge is 0.416 e. The second-order valence-corrected chi connectivity index (χ2v) is 8.58. The van der Waals surface area contributed by atoms with Gasteiger partial charge in [0.05, 0.1) is 31.2 Å². The van der Waals surface area contributed by atoms with Gasteiger partial charge in [-0.2, -0.15) is 13.2 Å². The van der Waals surface area contributed by atoms with E-state index in [1.807, 2.05) is 6.92 Å². The minimum Gasteiger partial charge on any atom is -0.467 e. The summed E-state index contributed by atoms with van der Waals surface area (Å²) in [6.45, 7) is 1.19. The van der Waals surface area contributed by atoms with Crippen molar-refractivity contribution in [1.82, 2.24) is 10.6 Å². The van der Waals surface area contributed by atoms with Crippen molar-refractivity contribution < 1.29 is 36.4 Å². The highest BCUT2D eigenvalue weighted by atomic mass is 19.4. The van der Waals surface area contributed by atoms with Gasteiger partial charge in [0.15, 0.2) is 5.76 Å². The van der Waals surface area contributed by atoms with Crippen molar-refractivity contribution in [2.45, 2.75) is 25.7 Å². The van der Waals surface area contributed by atoms with Crippen LogP contribution in [0.15, 0.2) is 94.2 Å². The van der Waals surface area contributed by atoms with Gasteiger partial charge in [-0.05, 0) is 55.0 Å². The lowest BCUT2D eigenvalue weighted by atomic mass is 10.0. The number of benzene rings is 2. The lowest BCUT2D eigenvalue weighted by Gasteiger charge is -2.32. The van der Waals surface area contributed by atoms with Crippen LogP contribution in [0.3, 0.4) is 0 Å². The number of hydrogen-bond acceptors (Lipinski definition) is 5. The average Bonchev–Trinajstić information content (AvgIpc) is 3.64. The number of anilines is 1. The number of nitrogens with zero attached hydrogens (tertiary/aromatic N) is 1. The fraction of sp³-hybridized carbons (Fsp3) is 0.179. The molecule has 8 nitrogen and oxygen atoms in total. The zero-order valence-electron chi connectivity index (χ0n) is 20.7. The molecule has 0 radical (unpaired) electrons. The summed E-state index contributed by atoms with van der Waals surface area (Å²) in [4.78, 5) is 40.5. The summed E-state index contributed by atoms with van der Waals surface area (Å²) in [5, 5.41) is 5.08. The summed E-state index contributed by atoms with van der Waals surface area (Å²) in [5.41, 5.74) is 0.0358. The SMILES string of the molecule is Cc1ccc([C@H](C(=O)NCc2ccco2)N(C(=O)CNC(=O)c2ccco2)c2cccc(C(F)(F)F)c2)cc1. The van der Waals surface area contributed by atoms with Gasteiger partial charge in [-0.25, -0.2) is 0 Å². The number of amides is 3. The van der Waals surface area contributed by atoms with Gasteiger partial charge in [-0.1, -0.05) is 35.9 Å². The second kappa shape index (κ2) is 11.7. The summed E-state index contributed by atoms with van der Waals surface area (Å²) in [5.74, 6) is -1.81. The first-order chi connectivity index (χ1) is 18.6. The molecule has 4 rings (SSSR count). The number of alkyl halides is 3. The van der Waals surface area contributed by atoms with E-state index in [0.717, 1.165) is 28.7 Å². The Bertz CT molecular complexity index is 1420. The zero-order valence-corrected chi connectivity index (χ0v) is 20.7. The third-order valence-corrected chi connectivity index (χ3v) is 5.78. The molecule has 0 saturated carbocycles. The average molecular weight is 540 g/mol. The van der Waals surface area contributed by atoms with E-state index in [4.69, 9.17) is 8.83 Å². The number of carbonyl (C=O) groups is 3. The molecule has 2 aromatic heterocycles. The quantitative estimate of drug-likeness (QED) is 0.311. The van der Waals surface area contributed by atoms with Crippen LogP contribution in [0.2, 0.25) is 0 Å². The Hall–Kier alpha value is -4.80. The van der Waals surface area contributed by atoms with E-state index in [1.165, 1.54) is 30.7 Å². The third kappa shape index (κ3) is 6.75. The van der Waals surface area contributed by atoms with E-state index in [0.29, 0.717) is 11.3 Å². The van der Waals surface area contributed by atoms with Crippen LogP contribution in [0.4, 0.5) is 18.9 Å². The monoisotopic (exact) mass is 539 g/mol. The van der Waals surface area contributed by atoms with Crippen LogP contribution >= 0.6 is 0 Å². The lowest BCUT2D eigenvalue weighted by Crippen LogP contribution is -2.47. The highest BCUT2D eigenvalue weighted by Gasteiger charge is 2.36. The molecule has 0 saturated heterocycles. The normalized spacial score (nSPS) is 12.0. The molecule has 0 spiro atoms. The first kappa shape index (κ1) is 27.2. The van der Waals surface area contributed by atoms with E-state index in [-0.39, 0.29) is 18.0 Å². The Morgan fingerprint density at radius 1 is 0.897 bits per heavy atom. The van der Waals surface area contributed by atoms with Crippen molar-refractivity contribution in [3.05, 3.63) is 114 Å². The molecule has 4 aromatic rings. The first-order valence-corrected chi connectivity index (χ1v) is 11.8. The summed E-state index contributed by atoms with van der Waals surface area (Å²) in [6.07, 6.45) is -1.99. The maximum Gasteiger partial charge on any atom is 0.416 e. The van der Waals surface area contributed by atoms with Crippen LogP contribution in [-0.2, 0) is 22.3 Å². The fourth-order valence-electron chi connectivity index (χ4n) is 3.86. The molecule has 2 aromatic carbocycles. The topological polar surface area (TPSA) is 105 Å². The number of rotatable bonds is 9. The number of halogens is 3. The van der Waals surface area contributed by atoms with Crippen LogP contribution < -0.4 is 15.5 Å². The van der Waals surface area contributed by atoms with E-state index in [2.05, 4.69) is 10.6 Å². The number of aryl methyl sites for hydroxylation is 1. The molecule has 0 unspecified atom stereocenters. The Kier molecular flexibility index (Phi) is 8.18. The first-order valence-electron chi connectivity index (χ1n) is 11.8. The minimum absolute atomic E-state index is 0.0198. The van der Waals surface area contributed by atoms with Crippen LogP contribution in [0.1, 0.15) is 39.0 Å². The van der Waals surface area contributed by atoms with Crippen LogP contribution in [0.25, 0.3) is 0 Å². The number of carbonyl (C=O) groups excluding carboxylic acids is 3. The molecule has 1 atom stereocenters. The van der Waals surface area contributed by atoms with Crippen molar-refractivity contribution in [2.75, 3.05) is 11.4 Å². The van der Waals surface area contributed by atoms with Crippen molar-refractivity contribution in [2.24, 2.45) is 0 Å². The molecule has 0 fully saturated rings. The molecule has 0 aliphatic rings. The zero-order chi connectivity index (χ0) is 28.0. The number of hydrogen-bond donors (Lipinski definition) is 2. The summed E-state index contributed by atoms with van der Waals surface area (Å²) in [6, 6.07) is 15.5. The van der Waals surface area contributed by atoms with Gasteiger partial charge in [0.2, 0.25) is 11.8 Å². The fourth-order valence-corrected chi connectivity index (χ4v) is 3.86. The molecule has 2 heterocycles. The van der Waals surface area contributed by atoms with Gasteiger partial charge in [0, 0.05) is 5.69 Å². The number of furan rings is 2. The number of nitrogens with one attached hydrogen (secondary N) is 2. The second-order valence-electron chi connectivity index (χ2n) is 8.58. The predicted octanol–water partition coefficient (Wildman–Crippen LogP) is 5.02. The molecule has 0 aliphatic heterocycles. The largest absolute Gasteiger partial charge is 0.467 e. The third-order valence-electron chi connectivity index (χ3n) is 5.78. The van der Waals surface area contributed by atoms with E-state index < -0.39 is 42.0 Å². The van der Waals surface area contributed by atoms with Crippen molar-refractivity contribution >= 4 is 23.4 Å². The van der Waals surface area contributed by atoms with Gasteiger partial charge < -0.3 is 19.5 Å². The van der Waals surface area contributed by atoms with Gasteiger partial charge >= 0.3 is 6.18 Å². The standard InChI is InChI=1S/C28H24F3N3O5/c1-18-9-11-19(12-10-18)25(27(37)32-16-22-7-3-13-38-22)34(21-6-2-5-20(15-21)28(29,30)31)24(35)17-33-26(36)23-8-4-14-39-23/h2-15,25H,16-17H2,1H3,(H,32,37)(H,33,36)/t25-/m1/s1. The molecule has 3 amide bonds. The Labute approximate surface area is 221 Å². The van der Waals surface area contributed by atoms with Crippen LogP contribution in [0.5, 0.6) is 0 Å². The summed E-state index contributed by atoms with van der Waals surface area (Å²) < 4.78 is 51.0. The maximum atomic E-state index is 13.6. The van der Waals surface area contributed by atoms with Crippen molar-refractivity contribution in [1.29, 1.82) is 0 Å². The van der Waals surface area contributed by atoms with E-state index >= 15 is 0 Å². The summed E-state index contributed by atoms with van der Waals surface area (Å²) in [7, 11) is 0. The van der Waals surface area contributed by atoms with Crippen molar-refractivity contribution in [3.8, 4) is 0 Å². The van der Waals surface area contributed by atoms with E-state index in [9.17, 15) is 27.6 Å². The van der Waals surface area contributed by atoms with Crippen LogP contribution in [-0.4, -0.2) is 24.3 Å². The highest BCUT2D eigenvalue weighted by Crippen LogP contribution is 2.34. The van der Waals surface area contributed by atoms with Crippen LogP contribution in [0, 0.1) is 6.92 Å². The Morgan fingerprint density at radius 3 is 2.26 bits per heavy atom.